The number of para-hydroxylation sites is 3. The molecule has 0 spiro atoms. The van der Waals surface area contributed by atoms with Crippen LogP contribution in [0.3, 0.4) is 0 Å². The van der Waals surface area contributed by atoms with Crippen molar-refractivity contribution in [1.82, 2.24) is 54.2 Å². The van der Waals surface area contributed by atoms with Crippen molar-refractivity contribution in [2.45, 2.75) is 227 Å². The third-order valence-corrected chi connectivity index (χ3v) is 19.2. The summed E-state index contributed by atoms with van der Waals surface area (Å²) < 4.78 is 2.09. The molecule has 0 radical (unpaired) electrons. The molecule has 20 rings (SSSR count). The van der Waals surface area contributed by atoms with Gasteiger partial charge in [-0.2, -0.15) is 0 Å². The lowest BCUT2D eigenvalue weighted by molar-refractivity contribution is 0.435. The summed E-state index contributed by atoms with van der Waals surface area (Å²) in [5, 5.41) is 15.0. The van der Waals surface area contributed by atoms with Crippen molar-refractivity contribution in [3.63, 3.8) is 0 Å². The normalized spacial score (nSPS) is 11.2. The number of hydrogen-bond acceptors (Lipinski definition) is 11. The predicted octanol–water partition coefficient (Wildman–Crippen LogP) is 33.8. The van der Waals surface area contributed by atoms with E-state index >= 15 is 0 Å². The minimum Gasteiger partial charge on any atom is -0.355 e. The summed E-state index contributed by atoms with van der Waals surface area (Å²) in [6, 6.07) is 83.0. The van der Waals surface area contributed by atoms with Crippen LogP contribution in [0.15, 0.2) is 346 Å². The number of likely N-dealkylation sites (N-methyl/N-ethyl adjacent to an activating group) is 1. The van der Waals surface area contributed by atoms with E-state index in [0.29, 0.717) is 12.1 Å². The van der Waals surface area contributed by atoms with E-state index in [0.717, 1.165) is 44.9 Å². The Bertz CT molecular complexity index is 5350. The molecule has 0 bridgehead atoms. The Balaban J connectivity index is 0.000000706. The number of amidine groups is 1. The highest BCUT2D eigenvalue weighted by atomic mass is 15.3. The second kappa shape index (κ2) is 68.8. The van der Waals surface area contributed by atoms with Gasteiger partial charge in [-0.1, -0.05) is 333 Å². The van der Waals surface area contributed by atoms with Gasteiger partial charge in [-0.05, 0) is 209 Å². The molecule has 0 saturated carbocycles. The van der Waals surface area contributed by atoms with Crippen molar-refractivity contribution < 1.29 is 0 Å². The second-order valence-electron chi connectivity index (χ2n) is 27.0. The number of hydrogen-bond donors (Lipinski definition) is 0. The molecule has 0 amide bonds. The number of nitrogens with zero attached hydrogens (tertiary/aromatic N) is 12. The van der Waals surface area contributed by atoms with E-state index < -0.39 is 0 Å². The van der Waals surface area contributed by atoms with Crippen LogP contribution in [0, 0.1) is 69.2 Å². The van der Waals surface area contributed by atoms with E-state index in [1.54, 1.807) is 0 Å². The van der Waals surface area contributed by atoms with Crippen LogP contribution in [0.4, 0.5) is 0 Å². The van der Waals surface area contributed by atoms with Gasteiger partial charge in [0.05, 0.1) is 45.7 Å². The number of allylic oxidation sites excluding steroid dienone is 2. The van der Waals surface area contributed by atoms with Crippen LogP contribution in [0.2, 0.25) is 0 Å². The third kappa shape index (κ3) is 37.2. The van der Waals surface area contributed by atoms with Crippen molar-refractivity contribution in [2.75, 3.05) is 7.05 Å². The van der Waals surface area contributed by atoms with Gasteiger partial charge in [0.25, 0.3) is 0 Å². The standard InChI is InChI=1S/8C10H9N.C9H12N2.C9H10N2.10C2H6/c1-8-4-2-6-10-9(8)5-3-7-11-10;1-8-4-2-5-9-6-3-7-11-10(8)9;1-8-3-2-4-9-7-11-6-5-10(8)9;1-8-3-2-4-9-5-6-11-7-10(8)9;1-8-6-11-7-9-4-2-3-5-10(8)9;1-8-6-9-4-2-3-5-10(9)11-7-8;1-8-10-5-3-2-4-9(10)6-7-11-8;1-8-6-7-11-10-5-3-2-4-9(8)10;1-7-10-8-5-3-4-6-9(8)11(7)2;1-7-8(2)11-6-4-3-5-9(11)10-7;10*1-2/h8*2-7H,1H3;3-6,8-9H,1-2H3;3-6H,1-2H3;10*1-2H3. The number of pyridine rings is 9. The highest BCUT2D eigenvalue weighted by molar-refractivity contribution is 5.88. The van der Waals surface area contributed by atoms with E-state index in [-0.39, 0.29) is 0 Å². The van der Waals surface area contributed by atoms with Gasteiger partial charge in [0.1, 0.15) is 5.65 Å². The number of aromatic nitrogens is 10. The minimum atomic E-state index is 0.366. The number of imidazole rings is 1. The lowest BCUT2D eigenvalue weighted by Crippen LogP contribution is -2.34. The number of benzene rings is 8. The van der Waals surface area contributed by atoms with E-state index in [2.05, 4.69) is 274 Å². The Morgan fingerprint density at radius 1 is 0.269 bits per heavy atom. The van der Waals surface area contributed by atoms with Crippen molar-refractivity contribution in [1.29, 1.82) is 0 Å². The number of rotatable bonds is 0. The van der Waals surface area contributed by atoms with Crippen molar-refractivity contribution >= 4 is 98.2 Å². The third-order valence-electron chi connectivity index (χ3n) is 19.2. The van der Waals surface area contributed by atoms with Crippen molar-refractivity contribution in [3.8, 4) is 0 Å². The second-order valence-corrected chi connectivity index (χ2v) is 27.0. The highest BCUT2D eigenvalue weighted by Gasteiger charge is 2.28. The molecule has 11 heterocycles. The summed E-state index contributed by atoms with van der Waals surface area (Å²) in [6.45, 7) is 62.8. The SMILES string of the molecule is CC.CC.CC.CC.CC.CC.CC.CC.CC.CC.CC1=NC2C=CC=CC2N1C.Cc1cccc2cccnc12.Cc1cccc2ccncc12.Cc1cccc2cnccc12.Cc1cccc2ncccc12.Cc1ccnc2ccccc12.Cc1cnc2ccccc2c1.Cc1cncc2ccccc12.Cc1nc2ccccn2c1C.Cc1nccc2ccccc12. The zero-order chi connectivity index (χ0) is 97.1. The molecule has 1 aliphatic carbocycles. The van der Waals surface area contributed by atoms with Gasteiger partial charge in [-0.25, -0.2) is 4.98 Å². The molecular formula is C118H154N12. The summed E-state index contributed by atoms with van der Waals surface area (Å²) in [6.07, 6.45) is 31.0. The first-order chi connectivity index (χ1) is 63.6. The Labute approximate surface area is 783 Å². The van der Waals surface area contributed by atoms with Crippen LogP contribution in [0.25, 0.3) is 92.3 Å². The molecule has 0 fully saturated rings. The zero-order valence-electron chi connectivity index (χ0n) is 84.9. The molecular weight excluding hydrogens is 1590 g/mol. The van der Waals surface area contributed by atoms with Crippen LogP contribution < -0.4 is 0 Å². The first kappa shape index (κ1) is 115. The van der Waals surface area contributed by atoms with E-state index in [4.69, 9.17) is 0 Å². The maximum atomic E-state index is 4.50. The summed E-state index contributed by atoms with van der Waals surface area (Å²) in [4.78, 5) is 44.6. The molecule has 10 aromatic heterocycles. The Morgan fingerprint density at radius 2 is 0.700 bits per heavy atom. The molecule has 2 unspecified atom stereocenters. The average Bonchev–Trinajstić information content (AvgIpc) is 1.67. The van der Waals surface area contributed by atoms with E-state index in [1.807, 2.05) is 348 Å². The van der Waals surface area contributed by atoms with Gasteiger partial charge in [0, 0.05) is 136 Å². The fraction of sp³-hybridized carbons (Fsp3) is 0.288. The molecule has 18 aromatic rings. The molecule has 2 aliphatic rings. The van der Waals surface area contributed by atoms with Gasteiger partial charge in [0.15, 0.2) is 0 Å². The molecule has 0 N–H and O–H groups in total. The average molecular weight is 1740 g/mol. The zero-order valence-corrected chi connectivity index (χ0v) is 84.9. The van der Waals surface area contributed by atoms with Crippen molar-refractivity contribution in [2.24, 2.45) is 4.99 Å². The van der Waals surface area contributed by atoms with Gasteiger partial charge in [-0.15, -0.1) is 0 Å². The Hall–Kier alpha value is -13.3. The maximum Gasteiger partial charge on any atom is 0.137 e. The molecule has 12 heteroatoms. The van der Waals surface area contributed by atoms with E-state index in [1.165, 1.54) is 109 Å². The van der Waals surface area contributed by atoms with Gasteiger partial charge < -0.3 is 9.30 Å². The topological polar surface area (TPSA) is 136 Å². The summed E-state index contributed by atoms with van der Waals surface area (Å²) >= 11 is 0. The molecule has 2 atom stereocenters. The van der Waals surface area contributed by atoms with E-state index in [9.17, 15) is 0 Å². The van der Waals surface area contributed by atoms with Crippen LogP contribution in [-0.4, -0.2) is 79.1 Å². The van der Waals surface area contributed by atoms with Crippen LogP contribution in [-0.2, 0) is 0 Å². The van der Waals surface area contributed by atoms with Crippen LogP contribution in [0.1, 0.15) is 201 Å². The largest absolute Gasteiger partial charge is 0.355 e. The number of aryl methyl sites for hydroxylation is 10. The Kier molecular flexibility index (Phi) is 60.7. The quantitative estimate of drug-likeness (QED) is 0.144. The number of fused-ring (bicyclic) bond motifs is 10. The lowest BCUT2D eigenvalue weighted by atomic mass is 10.0. The molecule has 12 nitrogen and oxygen atoms in total. The molecule has 1 aliphatic heterocycles. The minimum absolute atomic E-state index is 0.366. The maximum absolute atomic E-state index is 4.50. The smallest absolute Gasteiger partial charge is 0.137 e. The first-order valence-corrected chi connectivity index (χ1v) is 47.0. The monoisotopic (exact) mass is 1740 g/mol. The molecule has 686 valence electrons. The number of aliphatic imine (C=N–C) groups is 1. The Morgan fingerprint density at radius 3 is 1.31 bits per heavy atom. The summed E-state index contributed by atoms with van der Waals surface area (Å²) in [7, 11) is 2.09. The molecule has 130 heavy (non-hydrogen) atoms. The van der Waals surface area contributed by atoms with Gasteiger partial charge >= 0.3 is 0 Å². The first-order valence-electron chi connectivity index (χ1n) is 47.0. The van der Waals surface area contributed by atoms with Gasteiger partial charge in [-0.3, -0.25) is 44.9 Å². The molecule has 0 saturated heterocycles. The van der Waals surface area contributed by atoms with Gasteiger partial charge in [0.2, 0.25) is 0 Å². The fourth-order valence-corrected chi connectivity index (χ4v) is 12.8. The molecule has 8 aromatic carbocycles. The summed E-state index contributed by atoms with van der Waals surface area (Å²) in [5.41, 5.74) is 17.7. The predicted molar refractivity (Wildman–Crippen MR) is 577 cm³/mol. The van der Waals surface area contributed by atoms with Crippen LogP contribution in [0.5, 0.6) is 0 Å². The highest BCUT2D eigenvalue weighted by Crippen LogP contribution is 2.24. The summed E-state index contributed by atoms with van der Waals surface area (Å²) in [5.74, 6) is 1.14. The fourth-order valence-electron chi connectivity index (χ4n) is 12.8. The van der Waals surface area contributed by atoms with Crippen LogP contribution >= 0.6 is 0 Å². The van der Waals surface area contributed by atoms with Crippen molar-refractivity contribution in [3.05, 3.63) is 397 Å². The lowest BCUT2D eigenvalue weighted by Gasteiger charge is -2.22.